The molecule has 2 aromatic rings. The van der Waals surface area contributed by atoms with Gasteiger partial charge in [-0.2, -0.15) is 5.10 Å². The summed E-state index contributed by atoms with van der Waals surface area (Å²) in [6.45, 7) is 2.67. The summed E-state index contributed by atoms with van der Waals surface area (Å²) in [5.74, 6) is 0.883. The summed E-state index contributed by atoms with van der Waals surface area (Å²) < 4.78 is 2.11. The fraction of sp³-hybridized carbons (Fsp3) is 0.444. The van der Waals surface area contributed by atoms with E-state index in [1.54, 1.807) is 19.0 Å². The van der Waals surface area contributed by atoms with Gasteiger partial charge in [0.1, 0.15) is 0 Å². The van der Waals surface area contributed by atoms with Crippen LogP contribution in [-0.2, 0) is 19.6 Å². The predicted molar refractivity (Wildman–Crippen MR) is 89.3 cm³/mol. The molecule has 1 aliphatic carbocycles. The topological polar surface area (TPSA) is 41.4 Å². The smallest absolute Gasteiger partial charge is 0.255 e. The Hall–Kier alpha value is -2.30. The summed E-state index contributed by atoms with van der Waals surface area (Å²) in [6, 6.07) is 7.85. The van der Waals surface area contributed by atoms with E-state index in [0.29, 0.717) is 0 Å². The van der Waals surface area contributed by atoms with Gasteiger partial charge in [0.2, 0.25) is 0 Å². The highest BCUT2D eigenvalue weighted by Gasteiger charge is 2.28. The number of anilines is 1. The van der Waals surface area contributed by atoms with Gasteiger partial charge in [0, 0.05) is 38.9 Å². The number of fused-ring (bicyclic) bond motifs is 1. The number of hydrogen-bond donors (Lipinski definition) is 0. The molecular formula is C18H22N4O. The van der Waals surface area contributed by atoms with Crippen molar-refractivity contribution in [3.63, 3.8) is 0 Å². The molecule has 1 aliphatic heterocycles. The Kier molecular flexibility index (Phi) is 3.36. The van der Waals surface area contributed by atoms with Crippen LogP contribution in [0.3, 0.4) is 0 Å². The fourth-order valence-corrected chi connectivity index (χ4v) is 3.21. The molecular weight excluding hydrogens is 288 g/mol. The largest absolute Gasteiger partial charge is 0.360 e. The second kappa shape index (κ2) is 5.41. The zero-order chi connectivity index (χ0) is 16.0. The van der Waals surface area contributed by atoms with E-state index in [0.717, 1.165) is 42.5 Å². The van der Waals surface area contributed by atoms with Crippen LogP contribution in [0.15, 0.2) is 30.5 Å². The van der Waals surface area contributed by atoms with Gasteiger partial charge >= 0.3 is 0 Å². The van der Waals surface area contributed by atoms with Crippen LogP contribution in [-0.4, -0.2) is 34.7 Å². The minimum Gasteiger partial charge on any atom is -0.360 e. The Labute approximate surface area is 136 Å². The lowest BCUT2D eigenvalue weighted by molar-refractivity contribution is 0.0828. The number of aromatic nitrogens is 2. The average molecular weight is 310 g/mol. The molecule has 0 atom stereocenters. The van der Waals surface area contributed by atoms with Crippen molar-refractivity contribution in [1.82, 2.24) is 14.7 Å². The number of benzene rings is 1. The van der Waals surface area contributed by atoms with Crippen LogP contribution in [0.1, 0.15) is 34.5 Å². The van der Waals surface area contributed by atoms with Gasteiger partial charge in [-0.15, -0.1) is 0 Å². The third kappa shape index (κ3) is 2.71. The van der Waals surface area contributed by atoms with E-state index in [4.69, 9.17) is 5.10 Å². The van der Waals surface area contributed by atoms with Crippen molar-refractivity contribution in [3.8, 4) is 0 Å². The minimum atomic E-state index is 0.0453. The first kappa shape index (κ1) is 14.3. The summed E-state index contributed by atoms with van der Waals surface area (Å²) in [7, 11) is 3.58. The fourth-order valence-electron chi connectivity index (χ4n) is 3.21. The van der Waals surface area contributed by atoms with E-state index >= 15 is 0 Å². The van der Waals surface area contributed by atoms with E-state index in [1.807, 2.05) is 24.3 Å². The van der Waals surface area contributed by atoms with Crippen molar-refractivity contribution in [2.45, 2.75) is 32.5 Å². The standard InChI is InChI=1S/C18H22N4O/c1-20(2)18(23)15-5-3-4-6-17(15)21-10-14-11-22(9-13-7-8-13)19-16(14)12-21/h3-6,11,13H,7-10,12H2,1-2H3. The van der Waals surface area contributed by atoms with Crippen LogP contribution < -0.4 is 4.90 Å². The summed E-state index contributed by atoms with van der Waals surface area (Å²) in [5.41, 5.74) is 4.20. The Morgan fingerprint density at radius 3 is 2.74 bits per heavy atom. The van der Waals surface area contributed by atoms with Crippen molar-refractivity contribution < 1.29 is 4.79 Å². The molecule has 1 aromatic carbocycles. The molecule has 0 bridgehead atoms. The second-order valence-corrected chi connectivity index (χ2v) is 6.84. The molecule has 2 heterocycles. The first-order valence-corrected chi connectivity index (χ1v) is 8.22. The highest BCUT2D eigenvalue weighted by atomic mass is 16.2. The first-order valence-electron chi connectivity index (χ1n) is 8.22. The maximum Gasteiger partial charge on any atom is 0.255 e. The Balaban J connectivity index is 1.56. The predicted octanol–water partition coefficient (Wildman–Crippen LogP) is 2.52. The average Bonchev–Trinajstić information content (AvgIpc) is 3.13. The van der Waals surface area contributed by atoms with Gasteiger partial charge in [-0.05, 0) is 30.9 Å². The molecule has 4 rings (SSSR count). The van der Waals surface area contributed by atoms with Crippen LogP contribution in [0.25, 0.3) is 0 Å². The van der Waals surface area contributed by atoms with Gasteiger partial charge < -0.3 is 9.80 Å². The van der Waals surface area contributed by atoms with E-state index in [-0.39, 0.29) is 5.91 Å². The number of hydrogen-bond acceptors (Lipinski definition) is 3. The van der Waals surface area contributed by atoms with Gasteiger partial charge in [0.15, 0.2) is 0 Å². The monoisotopic (exact) mass is 310 g/mol. The highest BCUT2D eigenvalue weighted by Crippen LogP contribution is 2.33. The molecule has 5 nitrogen and oxygen atoms in total. The number of rotatable bonds is 4. The zero-order valence-corrected chi connectivity index (χ0v) is 13.7. The lowest BCUT2D eigenvalue weighted by Gasteiger charge is -2.22. The minimum absolute atomic E-state index is 0.0453. The molecule has 1 amide bonds. The Morgan fingerprint density at radius 2 is 2.04 bits per heavy atom. The number of amides is 1. The Morgan fingerprint density at radius 1 is 1.26 bits per heavy atom. The normalized spacial score (nSPS) is 16.5. The molecule has 0 N–H and O–H groups in total. The van der Waals surface area contributed by atoms with Crippen LogP contribution >= 0.6 is 0 Å². The molecule has 0 radical (unpaired) electrons. The first-order chi connectivity index (χ1) is 11.1. The van der Waals surface area contributed by atoms with Crippen LogP contribution in [0.4, 0.5) is 5.69 Å². The zero-order valence-electron chi connectivity index (χ0n) is 13.7. The molecule has 120 valence electrons. The maximum absolute atomic E-state index is 12.4. The molecule has 23 heavy (non-hydrogen) atoms. The third-order valence-electron chi connectivity index (χ3n) is 4.65. The van der Waals surface area contributed by atoms with Gasteiger partial charge in [-0.1, -0.05) is 12.1 Å². The van der Waals surface area contributed by atoms with Gasteiger partial charge in [-0.25, -0.2) is 0 Å². The van der Waals surface area contributed by atoms with Crippen molar-refractivity contribution in [2.24, 2.45) is 5.92 Å². The summed E-state index contributed by atoms with van der Waals surface area (Å²) in [6.07, 6.45) is 4.87. The van der Waals surface area contributed by atoms with Crippen LogP contribution in [0.2, 0.25) is 0 Å². The van der Waals surface area contributed by atoms with Crippen LogP contribution in [0.5, 0.6) is 0 Å². The lowest BCUT2D eigenvalue weighted by atomic mass is 10.1. The van der Waals surface area contributed by atoms with Gasteiger partial charge in [-0.3, -0.25) is 9.48 Å². The summed E-state index contributed by atoms with van der Waals surface area (Å²) in [4.78, 5) is 16.3. The van der Waals surface area contributed by atoms with Gasteiger partial charge in [0.05, 0.1) is 23.5 Å². The molecule has 0 saturated heterocycles. The number of para-hydroxylation sites is 1. The van der Waals surface area contributed by atoms with Gasteiger partial charge in [0.25, 0.3) is 5.91 Å². The summed E-state index contributed by atoms with van der Waals surface area (Å²) in [5, 5.41) is 4.74. The molecule has 0 unspecified atom stereocenters. The van der Waals surface area contributed by atoms with Crippen molar-refractivity contribution in [2.75, 3.05) is 19.0 Å². The lowest BCUT2D eigenvalue weighted by Crippen LogP contribution is -2.25. The molecule has 1 fully saturated rings. The number of nitrogens with zero attached hydrogens (tertiary/aromatic N) is 4. The molecule has 2 aliphatic rings. The number of carbonyl (C=O) groups excluding carboxylic acids is 1. The van der Waals surface area contributed by atoms with E-state index < -0.39 is 0 Å². The van der Waals surface area contributed by atoms with E-state index in [1.165, 1.54) is 18.4 Å². The Bertz CT molecular complexity index is 722. The molecule has 0 spiro atoms. The molecule has 1 aromatic heterocycles. The maximum atomic E-state index is 12.4. The molecule has 1 saturated carbocycles. The SMILES string of the molecule is CN(C)C(=O)c1ccccc1N1Cc2cn(CC3CC3)nc2C1. The van der Waals surface area contributed by atoms with Crippen molar-refractivity contribution >= 4 is 11.6 Å². The van der Waals surface area contributed by atoms with E-state index in [2.05, 4.69) is 15.8 Å². The van der Waals surface area contributed by atoms with E-state index in [9.17, 15) is 4.79 Å². The second-order valence-electron chi connectivity index (χ2n) is 6.84. The van der Waals surface area contributed by atoms with Crippen molar-refractivity contribution in [3.05, 3.63) is 47.3 Å². The van der Waals surface area contributed by atoms with Crippen molar-refractivity contribution in [1.29, 1.82) is 0 Å². The summed E-state index contributed by atoms with van der Waals surface area (Å²) >= 11 is 0. The quantitative estimate of drug-likeness (QED) is 0.871. The number of carbonyl (C=O) groups is 1. The van der Waals surface area contributed by atoms with Crippen LogP contribution in [0, 0.1) is 5.92 Å². The third-order valence-corrected chi connectivity index (χ3v) is 4.65. The highest BCUT2D eigenvalue weighted by molar-refractivity contribution is 5.99. The molecule has 5 heteroatoms.